The Balaban J connectivity index is 2.28. The second-order valence-electron chi connectivity index (χ2n) is 6.62. The van der Waals surface area contributed by atoms with Crippen molar-refractivity contribution >= 4 is 28.8 Å². The molecule has 0 amide bonds. The second-order valence-corrected chi connectivity index (χ2v) is 7.24. The van der Waals surface area contributed by atoms with Crippen molar-refractivity contribution in [2.45, 2.75) is 20.3 Å². The minimum Gasteiger partial charge on any atom is -0.488 e. The van der Waals surface area contributed by atoms with Gasteiger partial charge in [-0.1, -0.05) is 74.0 Å². The minimum absolute atomic E-state index is 0.557. The van der Waals surface area contributed by atoms with Crippen LogP contribution in [0.4, 0.5) is 5.69 Å². The molecule has 28 heavy (non-hydrogen) atoms. The fraction of sp³-hybridized carbons (Fsp3) is 0.200. The predicted molar refractivity (Wildman–Crippen MR) is 125 cm³/mol. The van der Waals surface area contributed by atoms with Gasteiger partial charge in [0.2, 0.25) is 0 Å². The van der Waals surface area contributed by atoms with Gasteiger partial charge in [-0.2, -0.15) is 0 Å². The van der Waals surface area contributed by atoms with E-state index in [2.05, 4.69) is 73.7 Å². The van der Waals surface area contributed by atoms with E-state index in [0.29, 0.717) is 6.61 Å². The Morgan fingerprint density at radius 2 is 2.04 bits per heavy atom. The van der Waals surface area contributed by atoms with Crippen LogP contribution in [0.5, 0.6) is 5.75 Å². The lowest BCUT2D eigenvalue weighted by molar-refractivity contribution is 0.356. The van der Waals surface area contributed by atoms with Gasteiger partial charge in [-0.05, 0) is 59.4 Å². The van der Waals surface area contributed by atoms with Gasteiger partial charge in [0.05, 0.1) is 0 Å². The number of para-hydroxylation sites is 1. The third-order valence-electron chi connectivity index (χ3n) is 4.92. The molecule has 2 nitrogen and oxygen atoms in total. The van der Waals surface area contributed by atoms with Gasteiger partial charge in [0.1, 0.15) is 12.4 Å². The average molecular weight is 390 g/mol. The molecule has 0 radical (unpaired) electrons. The number of rotatable bonds is 6. The highest BCUT2D eigenvalue weighted by Crippen LogP contribution is 2.42. The smallest absolute Gasteiger partial charge is 0.127 e. The maximum absolute atomic E-state index is 6.16. The van der Waals surface area contributed by atoms with Crippen molar-refractivity contribution in [3.05, 3.63) is 95.6 Å². The molecule has 2 aromatic carbocycles. The summed E-state index contributed by atoms with van der Waals surface area (Å²) in [4.78, 5) is 0. The number of hydrogen-bond acceptors (Lipinski definition) is 3. The van der Waals surface area contributed by atoms with Crippen LogP contribution < -0.4 is 9.46 Å². The fourth-order valence-corrected chi connectivity index (χ4v) is 3.95. The van der Waals surface area contributed by atoms with Gasteiger partial charge in [0, 0.05) is 17.5 Å². The Morgan fingerprint density at radius 1 is 1.21 bits per heavy atom. The van der Waals surface area contributed by atoms with Crippen molar-refractivity contribution in [2.24, 2.45) is 0 Å². The highest BCUT2D eigenvalue weighted by molar-refractivity contribution is 7.99. The molecule has 0 aromatic heterocycles. The van der Waals surface area contributed by atoms with Crippen molar-refractivity contribution < 1.29 is 4.74 Å². The van der Waals surface area contributed by atoms with Gasteiger partial charge in [-0.25, -0.2) is 0 Å². The van der Waals surface area contributed by atoms with Gasteiger partial charge in [0.25, 0.3) is 0 Å². The summed E-state index contributed by atoms with van der Waals surface area (Å²) in [5.41, 5.74) is 8.52. The summed E-state index contributed by atoms with van der Waals surface area (Å²) in [5, 5.41) is 0. The molecule has 144 valence electrons. The lowest BCUT2D eigenvalue weighted by Gasteiger charge is -2.18. The summed E-state index contributed by atoms with van der Waals surface area (Å²) >= 11 is 1.61. The summed E-state index contributed by atoms with van der Waals surface area (Å²) in [6.45, 7) is 8.78. The summed E-state index contributed by atoms with van der Waals surface area (Å²) in [5.74, 6) is 0.934. The molecule has 0 aliphatic carbocycles. The van der Waals surface area contributed by atoms with Crippen LogP contribution in [-0.4, -0.2) is 12.9 Å². The van der Waals surface area contributed by atoms with Crippen LogP contribution in [-0.2, 0) is 0 Å². The van der Waals surface area contributed by atoms with Crippen molar-refractivity contribution in [3.63, 3.8) is 0 Å². The lowest BCUT2D eigenvalue weighted by Crippen LogP contribution is -1.99. The molecule has 2 aromatic rings. The van der Waals surface area contributed by atoms with E-state index in [1.54, 1.807) is 18.0 Å². The van der Waals surface area contributed by atoms with Gasteiger partial charge >= 0.3 is 0 Å². The minimum atomic E-state index is 0.557. The number of nitrogens with one attached hydrogen (secondary N) is 1. The van der Waals surface area contributed by atoms with E-state index in [-0.39, 0.29) is 0 Å². The van der Waals surface area contributed by atoms with E-state index in [9.17, 15) is 0 Å². The number of fused-ring (bicyclic) bond motifs is 1. The molecule has 0 unspecified atom stereocenters. The monoisotopic (exact) mass is 389 g/mol. The van der Waals surface area contributed by atoms with E-state index in [4.69, 9.17) is 4.74 Å². The van der Waals surface area contributed by atoms with Crippen molar-refractivity contribution in [1.29, 1.82) is 0 Å². The molecular formula is C25H27NOS. The van der Waals surface area contributed by atoms with E-state index in [1.807, 2.05) is 18.4 Å². The Bertz CT molecular complexity index is 953. The molecule has 0 saturated carbocycles. The number of ether oxygens (including phenoxy) is 1. The van der Waals surface area contributed by atoms with Crippen LogP contribution in [0.2, 0.25) is 0 Å². The average Bonchev–Trinajstić information content (AvgIpc) is 2.85. The van der Waals surface area contributed by atoms with Crippen molar-refractivity contribution in [2.75, 3.05) is 17.6 Å². The van der Waals surface area contributed by atoms with E-state index >= 15 is 0 Å². The number of hydrogen-bond donors (Lipinski definition) is 1. The first kappa shape index (κ1) is 20.1. The van der Waals surface area contributed by atoms with Crippen LogP contribution in [0.3, 0.4) is 0 Å². The normalized spacial score (nSPS) is 15.7. The van der Waals surface area contributed by atoms with Crippen LogP contribution in [0.1, 0.15) is 31.4 Å². The molecule has 0 atom stereocenters. The van der Waals surface area contributed by atoms with Gasteiger partial charge in [-0.3, -0.25) is 0 Å². The first-order chi connectivity index (χ1) is 13.7. The molecule has 1 N–H and O–H groups in total. The molecular weight excluding hydrogens is 362 g/mol. The van der Waals surface area contributed by atoms with Crippen LogP contribution in [0.15, 0.2) is 84.5 Å². The standard InChI is InChI=1S/C25H27NOS/c1-5-7-11-20-17-27-24-15-9-8-14-23(24)25(18(20)3)22(6-2)19-12-10-13-21(16-19)26-28-4/h5,7-16,26H,1,6,17H2,2-4H3/b11-7-,25-22+. The molecule has 3 rings (SSSR count). The van der Waals surface area contributed by atoms with Crippen LogP contribution in [0, 0.1) is 0 Å². The molecule has 3 heteroatoms. The summed E-state index contributed by atoms with van der Waals surface area (Å²) in [6, 6.07) is 17.0. The predicted octanol–water partition coefficient (Wildman–Crippen LogP) is 7.15. The van der Waals surface area contributed by atoms with Crippen LogP contribution >= 0.6 is 11.9 Å². The Kier molecular flexibility index (Phi) is 6.83. The molecule has 0 saturated heterocycles. The first-order valence-corrected chi connectivity index (χ1v) is 10.8. The van der Waals surface area contributed by atoms with Gasteiger partial charge < -0.3 is 9.46 Å². The molecule has 0 spiro atoms. The largest absolute Gasteiger partial charge is 0.488 e. The summed E-state index contributed by atoms with van der Waals surface area (Å²) < 4.78 is 9.50. The highest BCUT2D eigenvalue weighted by Gasteiger charge is 2.21. The Labute approximate surface area is 172 Å². The van der Waals surface area contributed by atoms with E-state index in [0.717, 1.165) is 23.4 Å². The number of anilines is 1. The molecule has 1 aliphatic heterocycles. The molecule has 0 bridgehead atoms. The Hall–Kier alpha value is -2.65. The van der Waals surface area contributed by atoms with Crippen molar-refractivity contribution in [3.8, 4) is 5.75 Å². The fourth-order valence-electron chi connectivity index (χ4n) is 3.59. The zero-order chi connectivity index (χ0) is 19.9. The SMILES string of the molecule is C=C/C=C\C1=C(C)C(=C(/CC)c2cccc(NSC)c2)/c2ccccc2OC1. The van der Waals surface area contributed by atoms with E-state index in [1.165, 1.54) is 27.9 Å². The lowest BCUT2D eigenvalue weighted by atomic mass is 9.86. The maximum atomic E-state index is 6.16. The third-order valence-corrected chi connectivity index (χ3v) is 5.36. The molecule has 1 heterocycles. The van der Waals surface area contributed by atoms with Crippen LogP contribution in [0.25, 0.3) is 11.1 Å². The summed E-state index contributed by atoms with van der Waals surface area (Å²) in [7, 11) is 0. The van der Waals surface area contributed by atoms with Crippen molar-refractivity contribution in [1.82, 2.24) is 0 Å². The zero-order valence-corrected chi connectivity index (χ0v) is 17.6. The topological polar surface area (TPSA) is 21.3 Å². The number of allylic oxidation sites excluding steroid dienone is 5. The Morgan fingerprint density at radius 3 is 2.79 bits per heavy atom. The molecule has 1 aliphatic rings. The summed E-state index contributed by atoms with van der Waals surface area (Å²) in [6.07, 6.45) is 8.86. The second kappa shape index (κ2) is 9.52. The molecule has 0 fully saturated rings. The maximum Gasteiger partial charge on any atom is 0.127 e. The quantitative estimate of drug-likeness (QED) is 0.419. The van der Waals surface area contributed by atoms with Gasteiger partial charge in [0.15, 0.2) is 0 Å². The highest BCUT2D eigenvalue weighted by atomic mass is 32.2. The first-order valence-electron chi connectivity index (χ1n) is 9.53. The van der Waals surface area contributed by atoms with Gasteiger partial charge in [-0.15, -0.1) is 0 Å². The third kappa shape index (κ3) is 4.26. The van der Waals surface area contributed by atoms with E-state index < -0.39 is 0 Å². The zero-order valence-electron chi connectivity index (χ0n) is 16.8. The number of benzene rings is 2.